The van der Waals surface area contributed by atoms with Crippen molar-refractivity contribution >= 4 is 23.0 Å². The number of hydrogen-bond acceptors (Lipinski definition) is 1. The molecule has 2 rings (SSSR count). The molecule has 0 atom stereocenters. The molecule has 0 saturated carbocycles. The van der Waals surface area contributed by atoms with Crippen molar-refractivity contribution < 1.29 is 0 Å². The number of nitrogens with zero attached hydrogens (tertiary/aromatic N) is 1. The molecular weight excluding hydrogens is 300 g/mol. The number of anilines is 1. The number of thiocarbonyl (C=S) groups is 1. The molecule has 0 spiro atoms. The van der Waals surface area contributed by atoms with Crippen LogP contribution in [-0.2, 0) is 6.54 Å². The molecule has 0 heterocycles. The Morgan fingerprint density at radius 3 is 2.26 bits per heavy atom. The predicted octanol–water partition coefficient (Wildman–Crippen LogP) is 5.26. The highest BCUT2D eigenvalue weighted by atomic mass is 32.1. The van der Waals surface area contributed by atoms with Crippen LogP contribution in [-0.4, -0.2) is 17.1 Å². The maximum Gasteiger partial charge on any atom is 0.173 e. The third kappa shape index (κ3) is 4.80. The van der Waals surface area contributed by atoms with Gasteiger partial charge in [0.15, 0.2) is 5.11 Å². The lowest BCUT2D eigenvalue weighted by molar-refractivity contribution is 0.508. The molecule has 0 amide bonds. The van der Waals surface area contributed by atoms with E-state index in [1.54, 1.807) is 0 Å². The van der Waals surface area contributed by atoms with Crippen LogP contribution >= 0.6 is 12.2 Å². The molecule has 2 aromatic rings. The molecule has 0 aliphatic heterocycles. The topological polar surface area (TPSA) is 15.3 Å². The van der Waals surface area contributed by atoms with E-state index in [-0.39, 0.29) is 0 Å². The van der Waals surface area contributed by atoms with Crippen LogP contribution in [0.5, 0.6) is 0 Å². The molecular formula is C20H26N2S. The van der Waals surface area contributed by atoms with Gasteiger partial charge in [0.05, 0.1) is 0 Å². The van der Waals surface area contributed by atoms with Crippen molar-refractivity contribution in [3.8, 4) is 0 Å². The van der Waals surface area contributed by atoms with Gasteiger partial charge in [-0.1, -0.05) is 44.2 Å². The van der Waals surface area contributed by atoms with Crippen LogP contribution in [0.3, 0.4) is 0 Å². The van der Waals surface area contributed by atoms with Crippen molar-refractivity contribution in [2.24, 2.45) is 0 Å². The van der Waals surface area contributed by atoms with Crippen molar-refractivity contribution in [2.45, 2.75) is 40.2 Å². The van der Waals surface area contributed by atoms with Crippen LogP contribution in [0.4, 0.5) is 5.69 Å². The monoisotopic (exact) mass is 326 g/mol. The summed E-state index contributed by atoms with van der Waals surface area (Å²) in [6, 6.07) is 15.1. The molecule has 2 aromatic carbocycles. The Bertz CT molecular complexity index is 675. The van der Waals surface area contributed by atoms with Crippen LogP contribution in [0.15, 0.2) is 42.5 Å². The number of aryl methyl sites for hydroxylation is 2. The van der Waals surface area contributed by atoms with E-state index in [0.29, 0.717) is 5.92 Å². The third-order valence-electron chi connectivity index (χ3n) is 4.17. The van der Waals surface area contributed by atoms with E-state index < -0.39 is 0 Å². The maximum absolute atomic E-state index is 5.52. The van der Waals surface area contributed by atoms with E-state index in [1.165, 1.54) is 22.3 Å². The van der Waals surface area contributed by atoms with Crippen molar-refractivity contribution in [1.29, 1.82) is 0 Å². The van der Waals surface area contributed by atoms with Crippen LogP contribution in [0.25, 0.3) is 0 Å². The molecule has 0 bridgehead atoms. The molecule has 0 aliphatic rings. The zero-order valence-corrected chi connectivity index (χ0v) is 15.5. The number of nitrogens with one attached hydrogen (secondary N) is 1. The number of hydrogen-bond donors (Lipinski definition) is 1. The van der Waals surface area contributed by atoms with Gasteiger partial charge < -0.3 is 10.2 Å². The Kier molecular flexibility index (Phi) is 5.78. The molecule has 3 heteroatoms. The van der Waals surface area contributed by atoms with Crippen LogP contribution in [0.1, 0.15) is 42.0 Å². The molecule has 0 aromatic heterocycles. The van der Waals surface area contributed by atoms with E-state index in [0.717, 1.165) is 17.3 Å². The van der Waals surface area contributed by atoms with Gasteiger partial charge in [-0.2, -0.15) is 0 Å². The first kappa shape index (κ1) is 17.5. The lowest BCUT2D eigenvalue weighted by atomic mass is 10.0. The van der Waals surface area contributed by atoms with Gasteiger partial charge in [-0.25, -0.2) is 0 Å². The second kappa shape index (κ2) is 7.60. The quantitative estimate of drug-likeness (QED) is 0.772. The molecule has 122 valence electrons. The first-order valence-electron chi connectivity index (χ1n) is 8.05. The molecule has 0 radical (unpaired) electrons. The van der Waals surface area contributed by atoms with E-state index in [9.17, 15) is 0 Å². The minimum atomic E-state index is 0.564. The van der Waals surface area contributed by atoms with Gasteiger partial charge in [0.2, 0.25) is 0 Å². The molecule has 0 saturated heterocycles. The molecule has 0 aliphatic carbocycles. The Labute approximate surface area is 145 Å². The van der Waals surface area contributed by atoms with Gasteiger partial charge in [0, 0.05) is 19.3 Å². The molecule has 0 fully saturated rings. The predicted molar refractivity (Wildman–Crippen MR) is 104 cm³/mol. The van der Waals surface area contributed by atoms with Gasteiger partial charge >= 0.3 is 0 Å². The highest BCUT2D eigenvalue weighted by molar-refractivity contribution is 7.80. The van der Waals surface area contributed by atoms with Crippen molar-refractivity contribution in [3.63, 3.8) is 0 Å². The summed E-state index contributed by atoms with van der Waals surface area (Å²) >= 11 is 5.52. The second-order valence-corrected chi connectivity index (χ2v) is 6.87. The Morgan fingerprint density at radius 1 is 1.04 bits per heavy atom. The van der Waals surface area contributed by atoms with Crippen LogP contribution < -0.4 is 5.32 Å². The fourth-order valence-electron chi connectivity index (χ4n) is 2.39. The lowest BCUT2D eigenvalue weighted by Gasteiger charge is -2.22. The Morgan fingerprint density at radius 2 is 1.70 bits per heavy atom. The van der Waals surface area contributed by atoms with Crippen LogP contribution in [0.2, 0.25) is 0 Å². The highest BCUT2D eigenvalue weighted by Crippen LogP contribution is 2.17. The van der Waals surface area contributed by atoms with Gasteiger partial charge in [-0.15, -0.1) is 0 Å². The van der Waals surface area contributed by atoms with E-state index in [2.05, 4.69) is 80.4 Å². The molecule has 1 N–H and O–H groups in total. The van der Waals surface area contributed by atoms with E-state index >= 15 is 0 Å². The lowest BCUT2D eigenvalue weighted by Crippen LogP contribution is -2.30. The van der Waals surface area contributed by atoms with Crippen molar-refractivity contribution in [3.05, 3.63) is 64.7 Å². The fourth-order valence-corrected chi connectivity index (χ4v) is 2.57. The summed E-state index contributed by atoms with van der Waals surface area (Å²) in [7, 11) is 2.02. The van der Waals surface area contributed by atoms with Gasteiger partial charge in [-0.05, 0) is 66.4 Å². The van der Waals surface area contributed by atoms with Crippen molar-refractivity contribution in [1.82, 2.24) is 4.90 Å². The number of benzene rings is 2. The summed E-state index contributed by atoms with van der Waals surface area (Å²) < 4.78 is 0. The van der Waals surface area contributed by atoms with Gasteiger partial charge in [-0.3, -0.25) is 0 Å². The zero-order valence-electron chi connectivity index (χ0n) is 14.7. The minimum absolute atomic E-state index is 0.564. The summed E-state index contributed by atoms with van der Waals surface area (Å²) in [6.45, 7) is 9.45. The SMILES string of the molecule is Cc1ccc(NC(=S)N(C)Cc2ccc(C(C)C)cc2)cc1C. The summed E-state index contributed by atoms with van der Waals surface area (Å²) in [5.74, 6) is 0.564. The van der Waals surface area contributed by atoms with Gasteiger partial charge in [0.1, 0.15) is 0 Å². The summed E-state index contributed by atoms with van der Waals surface area (Å²) in [5.41, 5.74) is 6.23. The van der Waals surface area contributed by atoms with E-state index in [1.807, 2.05) is 7.05 Å². The number of rotatable bonds is 4. The van der Waals surface area contributed by atoms with Gasteiger partial charge in [0.25, 0.3) is 0 Å². The Balaban J connectivity index is 1.97. The maximum atomic E-state index is 5.52. The fraction of sp³-hybridized carbons (Fsp3) is 0.350. The first-order chi connectivity index (χ1) is 10.9. The summed E-state index contributed by atoms with van der Waals surface area (Å²) in [4.78, 5) is 2.06. The third-order valence-corrected chi connectivity index (χ3v) is 4.58. The average Bonchev–Trinajstić information content (AvgIpc) is 2.51. The molecule has 23 heavy (non-hydrogen) atoms. The van der Waals surface area contributed by atoms with Crippen LogP contribution in [0, 0.1) is 13.8 Å². The van der Waals surface area contributed by atoms with Crippen molar-refractivity contribution in [2.75, 3.05) is 12.4 Å². The average molecular weight is 327 g/mol. The smallest absolute Gasteiger partial charge is 0.173 e. The standard InChI is InChI=1S/C20H26N2S/c1-14(2)18-9-7-17(8-10-18)13-22(5)20(23)21-19-11-6-15(3)16(4)12-19/h6-12,14H,13H2,1-5H3,(H,21,23). The minimum Gasteiger partial charge on any atom is -0.348 e. The summed E-state index contributed by atoms with van der Waals surface area (Å²) in [5, 5.41) is 4.05. The molecule has 0 unspecified atom stereocenters. The summed E-state index contributed by atoms with van der Waals surface area (Å²) in [6.07, 6.45) is 0. The normalized spacial score (nSPS) is 10.7. The Hall–Kier alpha value is -1.87. The molecule has 2 nitrogen and oxygen atoms in total. The largest absolute Gasteiger partial charge is 0.348 e. The van der Waals surface area contributed by atoms with E-state index in [4.69, 9.17) is 12.2 Å². The zero-order chi connectivity index (χ0) is 17.0. The highest BCUT2D eigenvalue weighted by Gasteiger charge is 2.07. The first-order valence-corrected chi connectivity index (χ1v) is 8.46. The second-order valence-electron chi connectivity index (χ2n) is 6.48.